The summed E-state index contributed by atoms with van der Waals surface area (Å²) in [4.78, 5) is 37.7. The van der Waals surface area contributed by atoms with Gasteiger partial charge in [-0.3, -0.25) is 4.79 Å². The topological polar surface area (TPSA) is 285 Å². The molecule has 20 heteroatoms. The molecule has 2 fully saturated rings. The fraction of sp³-hybridized carbons (Fsp3) is 0.472. The van der Waals surface area contributed by atoms with Crippen molar-refractivity contribution in [2.75, 3.05) is 48.3 Å². The molecule has 56 heavy (non-hydrogen) atoms. The number of benzene rings is 2. The zero-order chi connectivity index (χ0) is 41.3. The first kappa shape index (κ1) is 43.5. The Morgan fingerprint density at radius 3 is 1.68 bits per heavy atom. The monoisotopic (exact) mass is 796 g/mol. The van der Waals surface area contributed by atoms with E-state index in [-0.39, 0.29) is 34.5 Å². The first-order valence-corrected chi connectivity index (χ1v) is 16.7. The molecule has 0 radical (unpaired) electrons. The van der Waals surface area contributed by atoms with E-state index in [0.717, 1.165) is 19.1 Å². The molecule has 0 bridgehead atoms. The SMILES string of the molecule is COc1cc(C=CC(=O)OCC2OC(OC3(CO)OC(CO)C(O)C3OC(=O)C=Cc3cc(OC)c(O)c(OC)c3)C(O)C(O)C2OC(C)=O)cc(OC)c1O. The van der Waals surface area contributed by atoms with E-state index in [1.807, 2.05) is 0 Å². The Labute approximate surface area is 319 Å². The molecule has 9 unspecified atom stereocenters. The molecule has 2 aliphatic heterocycles. The van der Waals surface area contributed by atoms with Crippen LogP contribution in [0, 0.1) is 0 Å². The third-order valence-electron chi connectivity index (χ3n) is 8.60. The average molecular weight is 797 g/mol. The van der Waals surface area contributed by atoms with Crippen molar-refractivity contribution < 1.29 is 97.5 Å². The molecule has 4 rings (SSSR count). The minimum atomic E-state index is -2.54. The minimum Gasteiger partial charge on any atom is -0.502 e. The quantitative estimate of drug-likeness (QED) is 0.0619. The van der Waals surface area contributed by atoms with Crippen molar-refractivity contribution in [3.05, 3.63) is 47.5 Å². The van der Waals surface area contributed by atoms with E-state index in [1.165, 1.54) is 64.9 Å². The van der Waals surface area contributed by atoms with Crippen LogP contribution in [0.25, 0.3) is 12.2 Å². The van der Waals surface area contributed by atoms with Crippen molar-refractivity contribution in [1.82, 2.24) is 0 Å². The van der Waals surface area contributed by atoms with Gasteiger partial charge < -0.3 is 83.1 Å². The van der Waals surface area contributed by atoms with Gasteiger partial charge in [-0.2, -0.15) is 0 Å². The Balaban J connectivity index is 1.54. The zero-order valence-corrected chi connectivity index (χ0v) is 30.8. The summed E-state index contributed by atoms with van der Waals surface area (Å²) in [6.07, 6.45) is -9.95. The number of carbonyl (C=O) groups is 3. The largest absolute Gasteiger partial charge is 0.502 e. The molecule has 9 atom stereocenters. The van der Waals surface area contributed by atoms with E-state index < -0.39 is 92.5 Å². The number of ether oxygens (including phenoxy) is 10. The van der Waals surface area contributed by atoms with E-state index in [9.17, 15) is 50.1 Å². The van der Waals surface area contributed by atoms with Crippen LogP contribution in [-0.2, 0) is 42.8 Å². The minimum absolute atomic E-state index is 0.0281. The molecule has 7 N–H and O–H groups in total. The van der Waals surface area contributed by atoms with Gasteiger partial charge >= 0.3 is 17.9 Å². The molecular weight excluding hydrogens is 752 g/mol. The number of phenolic OH excluding ortho intramolecular Hbond substituents is 2. The van der Waals surface area contributed by atoms with Crippen LogP contribution < -0.4 is 18.9 Å². The number of rotatable bonds is 16. The number of aliphatic hydroxyl groups is 5. The summed E-state index contributed by atoms with van der Waals surface area (Å²) in [5.41, 5.74) is 0.681. The van der Waals surface area contributed by atoms with Gasteiger partial charge in [-0.1, -0.05) is 0 Å². The van der Waals surface area contributed by atoms with E-state index >= 15 is 0 Å². The maximum atomic E-state index is 13.0. The van der Waals surface area contributed by atoms with Crippen molar-refractivity contribution in [1.29, 1.82) is 0 Å². The molecule has 2 saturated heterocycles. The van der Waals surface area contributed by atoms with Gasteiger partial charge in [0.15, 0.2) is 41.5 Å². The Kier molecular flexibility index (Phi) is 14.9. The van der Waals surface area contributed by atoms with Gasteiger partial charge in [0.25, 0.3) is 0 Å². The van der Waals surface area contributed by atoms with Crippen LogP contribution in [-0.4, -0.2) is 157 Å². The number of aromatic hydroxyl groups is 2. The van der Waals surface area contributed by atoms with Gasteiger partial charge in [-0.25, -0.2) is 9.59 Å². The molecule has 0 amide bonds. The average Bonchev–Trinajstić information content (AvgIpc) is 3.45. The van der Waals surface area contributed by atoms with Crippen LogP contribution in [0.3, 0.4) is 0 Å². The van der Waals surface area contributed by atoms with Crippen LogP contribution in [0.5, 0.6) is 34.5 Å². The van der Waals surface area contributed by atoms with Gasteiger partial charge in [0.05, 0.1) is 35.0 Å². The van der Waals surface area contributed by atoms with Gasteiger partial charge in [0, 0.05) is 19.1 Å². The van der Waals surface area contributed by atoms with Crippen molar-refractivity contribution in [3.8, 4) is 34.5 Å². The fourth-order valence-corrected chi connectivity index (χ4v) is 5.81. The van der Waals surface area contributed by atoms with Crippen LogP contribution in [0.4, 0.5) is 0 Å². The van der Waals surface area contributed by atoms with E-state index in [0.29, 0.717) is 11.1 Å². The van der Waals surface area contributed by atoms with Gasteiger partial charge in [0.1, 0.15) is 43.7 Å². The molecule has 2 heterocycles. The number of hydrogen-bond acceptors (Lipinski definition) is 20. The predicted molar refractivity (Wildman–Crippen MR) is 186 cm³/mol. The van der Waals surface area contributed by atoms with Gasteiger partial charge in [0.2, 0.25) is 17.3 Å². The van der Waals surface area contributed by atoms with Crippen LogP contribution >= 0.6 is 0 Å². The molecule has 2 aromatic carbocycles. The molecule has 2 aromatic rings. The van der Waals surface area contributed by atoms with E-state index in [1.54, 1.807) is 0 Å². The second kappa shape index (κ2) is 19.1. The summed E-state index contributed by atoms with van der Waals surface area (Å²) in [6, 6.07) is 5.58. The number of esters is 3. The second-order valence-corrected chi connectivity index (χ2v) is 12.2. The van der Waals surface area contributed by atoms with Crippen molar-refractivity contribution in [3.63, 3.8) is 0 Å². The molecule has 0 spiro atoms. The Hall–Kier alpha value is -5.19. The standard InChI is InChI=1S/C36H44O20/c1-17(39)52-33-25(15-51-26(40)8-6-18-10-20(47-2)28(42)21(11-18)48-3)53-35(32(46)31(33)45)56-36(16-38)34(30(44)24(14-37)55-36)54-27(41)9-7-19-12-22(49-4)29(43)23(13-19)50-5/h6-13,24-25,30-35,37-38,42-46H,14-16H2,1-5H3. The maximum absolute atomic E-state index is 13.0. The molecule has 0 aromatic heterocycles. The fourth-order valence-electron chi connectivity index (χ4n) is 5.81. The van der Waals surface area contributed by atoms with Crippen LogP contribution in [0.15, 0.2) is 36.4 Å². The third-order valence-corrected chi connectivity index (χ3v) is 8.60. The highest BCUT2D eigenvalue weighted by Crippen LogP contribution is 2.40. The van der Waals surface area contributed by atoms with E-state index in [4.69, 9.17) is 47.4 Å². The Bertz CT molecular complexity index is 1710. The number of carbonyl (C=O) groups excluding carboxylic acids is 3. The molecular formula is C36H44O20. The lowest BCUT2D eigenvalue weighted by Crippen LogP contribution is -2.64. The second-order valence-electron chi connectivity index (χ2n) is 12.2. The highest BCUT2D eigenvalue weighted by Gasteiger charge is 2.61. The summed E-state index contributed by atoms with van der Waals surface area (Å²) in [5.74, 6) is -5.90. The lowest BCUT2D eigenvalue weighted by atomic mass is 9.98. The summed E-state index contributed by atoms with van der Waals surface area (Å²) >= 11 is 0. The number of aliphatic hydroxyl groups excluding tert-OH is 5. The Morgan fingerprint density at radius 1 is 0.732 bits per heavy atom. The van der Waals surface area contributed by atoms with Crippen LogP contribution in [0.2, 0.25) is 0 Å². The molecule has 0 saturated carbocycles. The summed E-state index contributed by atoms with van der Waals surface area (Å²) in [6.45, 7) is -1.73. The summed E-state index contributed by atoms with van der Waals surface area (Å²) < 4.78 is 53.4. The predicted octanol–water partition coefficient (Wildman–Crippen LogP) is -0.851. The zero-order valence-electron chi connectivity index (χ0n) is 30.8. The molecule has 0 aliphatic carbocycles. The smallest absolute Gasteiger partial charge is 0.331 e. The lowest BCUT2D eigenvalue weighted by Gasteiger charge is -2.44. The first-order valence-electron chi connectivity index (χ1n) is 16.7. The summed E-state index contributed by atoms with van der Waals surface area (Å²) in [5, 5.41) is 73.7. The highest BCUT2D eigenvalue weighted by molar-refractivity contribution is 5.88. The lowest BCUT2D eigenvalue weighted by molar-refractivity contribution is -0.383. The number of phenols is 2. The third kappa shape index (κ3) is 9.78. The molecule has 20 nitrogen and oxygen atoms in total. The number of methoxy groups -OCH3 is 4. The van der Waals surface area contributed by atoms with Crippen molar-refractivity contribution in [2.45, 2.75) is 61.7 Å². The maximum Gasteiger partial charge on any atom is 0.331 e. The highest BCUT2D eigenvalue weighted by atomic mass is 16.8. The van der Waals surface area contributed by atoms with Crippen molar-refractivity contribution in [2.24, 2.45) is 0 Å². The Morgan fingerprint density at radius 2 is 1.23 bits per heavy atom. The first-order chi connectivity index (χ1) is 26.6. The van der Waals surface area contributed by atoms with E-state index in [2.05, 4.69) is 0 Å². The summed E-state index contributed by atoms with van der Waals surface area (Å²) in [7, 11) is 5.24. The van der Waals surface area contributed by atoms with Gasteiger partial charge in [-0.05, 0) is 47.5 Å². The molecule has 308 valence electrons. The van der Waals surface area contributed by atoms with Crippen LogP contribution in [0.1, 0.15) is 18.1 Å². The normalized spacial score (nSPS) is 27.5. The van der Waals surface area contributed by atoms with Gasteiger partial charge in [-0.15, -0.1) is 0 Å². The van der Waals surface area contributed by atoms with Crippen molar-refractivity contribution >= 4 is 30.1 Å². The molecule has 2 aliphatic rings. The number of hydrogen-bond donors (Lipinski definition) is 7.